The minimum absolute atomic E-state index is 0.232. The van der Waals surface area contributed by atoms with Gasteiger partial charge in [0.25, 0.3) is 0 Å². The summed E-state index contributed by atoms with van der Waals surface area (Å²) < 4.78 is 5.48. The number of aromatic nitrogens is 1. The zero-order chi connectivity index (χ0) is 19.6. The number of likely N-dealkylation sites (N-methyl/N-ethyl adjacent to an activating group) is 1. The summed E-state index contributed by atoms with van der Waals surface area (Å²) in [4.78, 5) is 19.6. The lowest BCUT2D eigenvalue weighted by Crippen LogP contribution is -2.39. The van der Waals surface area contributed by atoms with Crippen molar-refractivity contribution in [3.8, 4) is 0 Å². The van der Waals surface area contributed by atoms with E-state index in [4.69, 9.17) is 4.74 Å². The molecule has 1 amide bonds. The second kappa shape index (κ2) is 7.77. The number of nitrogens with zero attached hydrogens (tertiary/aromatic N) is 2. The van der Waals surface area contributed by atoms with Crippen LogP contribution in [0.25, 0.3) is 16.5 Å². The third-order valence-electron chi connectivity index (χ3n) is 4.83. The molecular formula is C22H31N3O2. The molecule has 0 spiro atoms. The van der Waals surface area contributed by atoms with Gasteiger partial charge in [-0.05, 0) is 76.5 Å². The predicted molar refractivity (Wildman–Crippen MR) is 111 cm³/mol. The van der Waals surface area contributed by atoms with Crippen molar-refractivity contribution in [3.63, 3.8) is 0 Å². The number of hydrogen-bond donors (Lipinski definition) is 1. The molecule has 1 aliphatic heterocycles. The number of nitrogens with one attached hydrogen (secondary N) is 1. The second-order valence-corrected chi connectivity index (χ2v) is 8.53. The van der Waals surface area contributed by atoms with Gasteiger partial charge >= 0.3 is 6.09 Å². The van der Waals surface area contributed by atoms with E-state index in [-0.39, 0.29) is 6.09 Å². The van der Waals surface area contributed by atoms with Crippen molar-refractivity contribution >= 4 is 22.6 Å². The van der Waals surface area contributed by atoms with Crippen LogP contribution in [-0.4, -0.2) is 60.2 Å². The van der Waals surface area contributed by atoms with Crippen LogP contribution in [0.2, 0.25) is 0 Å². The molecule has 0 bridgehead atoms. The smallest absolute Gasteiger partial charge is 0.410 e. The number of fused-ring (bicyclic) bond motifs is 1. The van der Waals surface area contributed by atoms with Crippen LogP contribution in [-0.2, 0) is 11.2 Å². The maximum atomic E-state index is 12.2. The molecule has 1 N–H and O–H groups in total. The summed E-state index contributed by atoms with van der Waals surface area (Å²) in [7, 11) is 4.20. The number of aromatic amines is 1. The van der Waals surface area contributed by atoms with Gasteiger partial charge in [0.2, 0.25) is 0 Å². The molecule has 3 rings (SSSR count). The van der Waals surface area contributed by atoms with E-state index in [0.29, 0.717) is 13.1 Å². The van der Waals surface area contributed by atoms with Crippen LogP contribution in [0.1, 0.15) is 38.3 Å². The highest BCUT2D eigenvalue weighted by Gasteiger charge is 2.24. The first kappa shape index (κ1) is 19.5. The third kappa shape index (κ3) is 4.92. The van der Waals surface area contributed by atoms with Crippen LogP contribution >= 0.6 is 0 Å². The molecule has 1 aliphatic rings. The van der Waals surface area contributed by atoms with Gasteiger partial charge in [-0.3, -0.25) is 0 Å². The van der Waals surface area contributed by atoms with E-state index in [1.165, 1.54) is 27.6 Å². The fraction of sp³-hybridized carbons (Fsp3) is 0.500. The van der Waals surface area contributed by atoms with E-state index in [0.717, 1.165) is 19.4 Å². The molecule has 0 aliphatic carbocycles. The second-order valence-electron chi connectivity index (χ2n) is 8.53. The maximum Gasteiger partial charge on any atom is 0.410 e. The summed E-state index contributed by atoms with van der Waals surface area (Å²) in [6.07, 6.45) is 5.92. The zero-order valence-electron chi connectivity index (χ0n) is 17.1. The Morgan fingerprint density at radius 2 is 2.07 bits per heavy atom. The van der Waals surface area contributed by atoms with Crippen LogP contribution in [0.15, 0.2) is 30.5 Å². The summed E-state index contributed by atoms with van der Waals surface area (Å²) in [6.45, 7) is 8.02. The largest absolute Gasteiger partial charge is 0.444 e. The first-order chi connectivity index (χ1) is 12.7. The van der Waals surface area contributed by atoms with Gasteiger partial charge in [-0.15, -0.1) is 0 Å². The molecule has 2 aromatic rings. The van der Waals surface area contributed by atoms with Gasteiger partial charge < -0.3 is 19.5 Å². The molecule has 5 heteroatoms. The number of carbonyl (C=O) groups excluding carboxylic acids is 1. The molecule has 1 aromatic heterocycles. The topological polar surface area (TPSA) is 48.6 Å². The monoisotopic (exact) mass is 369 g/mol. The lowest BCUT2D eigenvalue weighted by atomic mass is 9.97. The fourth-order valence-electron chi connectivity index (χ4n) is 3.35. The van der Waals surface area contributed by atoms with Gasteiger partial charge in [-0.25, -0.2) is 4.79 Å². The van der Waals surface area contributed by atoms with Crippen molar-refractivity contribution in [3.05, 3.63) is 41.6 Å². The summed E-state index contributed by atoms with van der Waals surface area (Å²) in [6, 6.07) is 6.61. The number of rotatable bonds is 4. The Morgan fingerprint density at radius 3 is 2.70 bits per heavy atom. The summed E-state index contributed by atoms with van der Waals surface area (Å²) in [5, 5.41) is 1.30. The molecule has 2 heterocycles. The Balaban J connectivity index is 1.74. The van der Waals surface area contributed by atoms with Gasteiger partial charge in [0.1, 0.15) is 5.60 Å². The molecule has 27 heavy (non-hydrogen) atoms. The lowest BCUT2D eigenvalue weighted by molar-refractivity contribution is 0.0270. The minimum atomic E-state index is -0.455. The predicted octanol–water partition coefficient (Wildman–Crippen LogP) is 4.30. The number of H-pyrrole nitrogens is 1. The highest BCUT2D eigenvalue weighted by molar-refractivity contribution is 5.87. The van der Waals surface area contributed by atoms with Crippen molar-refractivity contribution in [1.82, 2.24) is 14.8 Å². The molecule has 0 saturated carbocycles. The Morgan fingerprint density at radius 1 is 1.30 bits per heavy atom. The first-order valence-electron chi connectivity index (χ1n) is 9.65. The molecule has 146 valence electrons. The lowest BCUT2D eigenvalue weighted by Gasteiger charge is -2.29. The molecule has 0 radical (unpaired) electrons. The van der Waals surface area contributed by atoms with Crippen molar-refractivity contribution in [1.29, 1.82) is 0 Å². The standard InChI is InChI=1S/C22H31N3O2/c1-22(2,3)27-21(26)25-12-9-16(10-13-25)17-6-7-20-19(14-17)18(15-23-20)8-11-24(4)5/h6-7,9,14-15,23H,8,10-13H2,1-5H3. The average Bonchev–Trinajstić information content (AvgIpc) is 3.01. The number of hydrogen-bond acceptors (Lipinski definition) is 3. The van der Waals surface area contributed by atoms with Gasteiger partial charge in [-0.2, -0.15) is 0 Å². The van der Waals surface area contributed by atoms with Gasteiger partial charge in [0.15, 0.2) is 0 Å². The molecule has 0 fully saturated rings. The molecule has 0 unspecified atom stereocenters. The van der Waals surface area contributed by atoms with E-state index >= 15 is 0 Å². The van der Waals surface area contributed by atoms with E-state index in [2.05, 4.69) is 54.5 Å². The van der Waals surface area contributed by atoms with Crippen LogP contribution < -0.4 is 0 Å². The van der Waals surface area contributed by atoms with Crippen LogP contribution in [0, 0.1) is 0 Å². The number of ether oxygens (including phenoxy) is 1. The number of carbonyl (C=O) groups is 1. The number of amides is 1. The Bertz CT molecular complexity index is 843. The van der Waals surface area contributed by atoms with Crippen LogP contribution in [0.3, 0.4) is 0 Å². The highest BCUT2D eigenvalue weighted by Crippen LogP contribution is 2.28. The Hall–Kier alpha value is -2.27. The SMILES string of the molecule is CN(C)CCc1c[nH]c2ccc(C3=CCN(C(=O)OC(C)(C)C)CC3)cc12. The quantitative estimate of drug-likeness (QED) is 0.874. The van der Waals surface area contributed by atoms with Gasteiger partial charge in [-0.1, -0.05) is 12.1 Å². The summed E-state index contributed by atoms with van der Waals surface area (Å²) in [5.41, 5.74) is 4.63. The van der Waals surface area contributed by atoms with E-state index < -0.39 is 5.60 Å². The van der Waals surface area contributed by atoms with Crippen LogP contribution in [0.4, 0.5) is 4.79 Å². The first-order valence-corrected chi connectivity index (χ1v) is 9.65. The Labute approximate surface area is 162 Å². The van der Waals surface area contributed by atoms with E-state index in [1.807, 2.05) is 20.8 Å². The zero-order valence-corrected chi connectivity index (χ0v) is 17.1. The summed E-state index contributed by atoms with van der Waals surface area (Å²) in [5.74, 6) is 0. The molecule has 0 atom stereocenters. The minimum Gasteiger partial charge on any atom is -0.444 e. The van der Waals surface area contributed by atoms with E-state index in [1.54, 1.807) is 4.90 Å². The maximum absolute atomic E-state index is 12.2. The van der Waals surface area contributed by atoms with Gasteiger partial charge in [0, 0.05) is 36.7 Å². The molecular weight excluding hydrogens is 338 g/mol. The van der Waals surface area contributed by atoms with Crippen LogP contribution in [0.5, 0.6) is 0 Å². The fourth-order valence-corrected chi connectivity index (χ4v) is 3.35. The molecule has 0 saturated heterocycles. The van der Waals surface area contributed by atoms with Crippen molar-refractivity contribution in [2.75, 3.05) is 33.7 Å². The third-order valence-corrected chi connectivity index (χ3v) is 4.83. The Kier molecular flexibility index (Phi) is 5.61. The van der Waals surface area contributed by atoms with E-state index in [9.17, 15) is 4.79 Å². The average molecular weight is 370 g/mol. The van der Waals surface area contributed by atoms with Gasteiger partial charge in [0.05, 0.1) is 0 Å². The summed E-state index contributed by atoms with van der Waals surface area (Å²) >= 11 is 0. The highest BCUT2D eigenvalue weighted by atomic mass is 16.6. The molecule has 5 nitrogen and oxygen atoms in total. The normalized spacial score (nSPS) is 15.3. The van der Waals surface area contributed by atoms with Crippen molar-refractivity contribution in [2.24, 2.45) is 0 Å². The number of benzene rings is 1. The van der Waals surface area contributed by atoms with Crippen molar-refractivity contribution in [2.45, 2.75) is 39.2 Å². The van der Waals surface area contributed by atoms with Crippen molar-refractivity contribution < 1.29 is 9.53 Å². The molecule has 1 aromatic carbocycles.